The first-order valence-corrected chi connectivity index (χ1v) is 6.21. The number of hydrogen-bond acceptors (Lipinski definition) is 3. The lowest BCUT2D eigenvalue weighted by molar-refractivity contribution is -0.125. The third-order valence-electron chi connectivity index (χ3n) is 3.33. The lowest BCUT2D eigenvalue weighted by atomic mass is 10.0. The Kier molecular flexibility index (Phi) is 3.69. The summed E-state index contributed by atoms with van der Waals surface area (Å²) in [5, 5.41) is 2.38. The lowest BCUT2D eigenvalue weighted by Gasteiger charge is -2.34. The van der Waals surface area contributed by atoms with Crippen molar-refractivity contribution >= 4 is 11.9 Å². The minimum Gasteiger partial charge on any atom is -0.469 e. The zero-order valence-electron chi connectivity index (χ0n) is 10.7. The van der Waals surface area contributed by atoms with Crippen molar-refractivity contribution in [3.8, 4) is 0 Å². The van der Waals surface area contributed by atoms with Gasteiger partial charge in [0.15, 0.2) is 0 Å². The van der Waals surface area contributed by atoms with Gasteiger partial charge in [0.25, 0.3) is 0 Å². The van der Waals surface area contributed by atoms with Crippen LogP contribution in [-0.4, -0.2) is 29.4 Å². The molecule has 2 unspecified atom stereocenters. The summed E-state index contributed by atoms with van der Waals surface area (Å²) in [6, 6.07) is 3.58. The Bertz CT molecular complexity index is 427. The molecule has 1 aliphatic rings. The summed E-state index contributed by atoms with van der Waals surface area (Å²) in [6.45, 7) is 4.31. The second-order valence-electron chi connectivity index (χ2n) is 4.81. The van der Waals surface area contributed by atoms with Crippen LogP contribution in [-0.2, 0) is 11.2 Å². The maximum Gasteiger partial charge on any atom is 0.324 e. The number of furan rings is 1. The van der Waals surface area contributed by atoms with Crippen molar-refractivity contribution in [2.24, 2.45) is 5.92 Å². The van der Waals surface area contributed by atoms with Crippen molar-refractivity contribution in [2.45, 2.75) is 32.7 Å². The van der Waals surface area contributed by atoms with Gasteiger partial charge in [0, 0.05) is 19.0 Å². The van der Waals surface area contributed by atoms with Gasteiger partial charge in [-0.15, -0.1) is 0 Å². The second-order valence-corrected chi connectivity index (χ2v) is 4.81. The number of rotatable bonds is 4. The van der Waals surface area contributed by atoms with Crippen molar-refractivity contribution in [2.75, 3.05) is 6.54 Å². The number of aryl methyl sites for hydroxylation is 1. The topological polar surface area (TPSA) is 62.6 Å². The maximum absolute atomic E-state index is 11.7. The van der Waals surface area contributed by atoms with E-state index in [0.29, 0.717) is 6.54 Å². The molecule has 2 heterocycles. The molecule has 1 aliphatic heterocycles. The lowest BCUT2D eigenvalue weighted by Crippen LogP contribution is -2.56. The molecule has 1 N–H and O–H groups in total. The van der Waals surface area contributed by atoms with Crippen LogP contribution in [0.5, 0.6) is 0 Å². The molecule has 2 atom stereocenters. The molecule has 1 aromatic rings. The molecule has 5 heteroatoms. The third kappa shape index (κ3) is 2.72. The molecule has 98 valence electrons. The van der Waals surface area contributed by atoms with Crippen LogP contribution in [0.2, 0.25) is 0 Å². The summed E-state index contributed by atoms with van der Waals surface area (Å²) in [7, 11) is 0. The molecule has 1 saturated heterocycles. The van der Waals surface area contributed by atoms with Crippen LogP contribution in [0.25, 0.3) is 0 Å². The van der Waals surface area contributed by atoms with Crippen LogP contribution in [0, 0.1) is 5.92 Å². The van der Waals surface area contributed by atoms with Gasteiger partial charge in [0.2, 0.25) is 5.91 Å². The highest BCUT2D eigenvalue weighted by molar-refractivity contribution is 5.97. The highest BCUT2D eigenvalue weighted by atomic mass is 16.3. The zero-order valence-corrected chi connectivity index (χ0v) is 10.7. The van der Waals surface area contributed by atoms with Crippen LogP contribution in [0.3, 0.4) is 0 Å². The Balaban J connectivity index is 1.90. The van der Waals surface area contributed by atoms with Gasteiger partial charge in [-0.2, -0.15) is 0 Å². The molecule has 18 heavy (non-hydrogen) atoms. The van der Waals surface area contributed by atoms with Gasteiger partial charge in [-0.1, -0.05) is 6.92 Å². The van der Waals surface area contributed by atoms with E-state index in [4.69, 9.17) is 4.42 Å². The van der Waals surface area contributed by atoms with Gasteiger partial charge in [-0.05, 0) is 25.5 Å². The average molecular weight is 250 g/mol. The van der Waals surface area contributed by atoms with Crippen LogP contribution in [0.15, 0.2) is 22.8 Å². The van der Waals surface area contributed by atoms with E-state index in [2.05, 4.69) is 5.32 Å². The molecule has 0 aromatic carbocycles. The first-order chi connectivity index (χ1) is 8.58. The number of urea groups is 1. The largest absolute Gasteiger partial charge is 0.469 e. The van der Waals surface area contributed by atoms with Gasteiger partial charge in [-0.25, -0.2) is 4.79 Å². The van der Waals surface area contributed by atoms with Crippen molar-refractivity contribution in [3.63, 3.8) is 0 Å². The van der Waals surface area contributed by atoms with E-state index < -0.39 is 0 Å². The van der Waals surface area contributed by atoms with Crippen molar-refractivity contribution in [3.05, 3.63) is 24.2 Å². The summed E-state index contributed by atoms with van der Waals surface area (Å²) in [5.74, 6) is 0.589. The molecule has 0 aliphatic carbocycles. The monoisotopic (exact) mass is 250 g/mol. The van der Waals surface area contributed by atoms with Gasteiger partial charge in [0.1, 0.15) is 5.76 Å². The van der Waals surface area contributed by atoms with E-state index in [1.807, 2.05) is 26.0 Å². The van der Waals surface area contributed by atoms with E-state index in [1.165, 1.54) is 0 Å². The molecule has 3 amide bonds. The van der Waals surface area contributed by atoms with Gasteiger partial charge in [-0.3, -0.25) is 10.1 Å². The quantitative estimate of drug-likeness (QED) is 0.886. The predicted molar refractivity (Wildman–Crippen MR) is 65.9 cm³/mol. The Hall–Kier alpha value is -1.78. The molecule has 0 bridgehead atoms. The predicted octanol–water partition coefficient (Wildman–Crippen LogP) is 1.79. The molecule has 0 radical (unpaired) electrons. The fourth-order valence-electron chi connectivity index (χ4n) is 2.10. The molecule has 2 rings (SSSR count). The van der Waals surface area contributed by atoms with Crippen LogP contribution in [0.1, 0.15) is 26.0 Å². The van der Waals surface area contributed by atoms with Crippen molar-refractivity contribution < 1.29 is 14.0 Å². The van der Waals surface area contributed by atoms with E-state index in [1.54, 1.807) is 11.2 Å². The summed E-state index contributed by atoms with van der Waals surface area (Å²) in [4.78, 5) is 24.8. The Morgan fingerprint density at radius 3 is 3.00 bits per heavy atom. The summed E-state index contributed by atoms with van der Waals surface area (Å²) >= 11 is 0. The smallest absolute Gasteiger partial charge is 0.324 e. The molecular weight excluding hydrogens is 232 g/mol. The Labute approximate surface area is 106 Å². The van der Waals surface area contributed by atoms with E-state index in [9.17, 15) is 9.59 Å². The van der Waals surface area contributed by atoms with Gasteiger partial charge in [0.05, 0.1) is 12.2 Å². The highest BCUT2D eigenvalue weighted by Gasteiger charge is 2.31. The number of amides is 3. The van der Waals surface area contributed by atoms with Crippen LogP contribution < -0.4 is 5.32 Å². The molecule has 0 saturated carbocycles. The average Bonchev–Trinajstić information content (AvgIpc) is 2.84. The van der Waals surface area contributed by atoms with Gasteiger partial charge < -0.3 is 9.32 Å². The second kappa shape index (κ2) is 5.25. The number of carbonyl (C=O) groups excluding carboxylic acids is 2. The molecule has 1 aromatic heterocycles. The van der Waals surface area contributed by atoms with Crippen molar-refractivity contribution in [1.82, 2.24) is 10.2 Å². The summed E-state index contributed by atoms with van der Waals surface area (Å²) in [6.07, 6.45) is 3.26. The Morgan fingerprint density at radius 1 is 1.56 bits per heavy atom. The molecular formula is C13H18N2O3. The number of nitrogens with zero attached hydrogens (tertiary/aromatic N) is 1. The zero-order chi connectivity index (χ0) is 13.1. The maximum atomic E-state index is 11.7. The minimum atomic E-state index is -0.287. The fourth-order valence-corrected chi connectivity index (χ4v) is 2.10. The number of nitrogens with one attached hydrogen (secondary N) is 1. The standard InChI is InChI=1S/C13H18N2O3/c1-9-8-15(13(17)14-12(9)16)10(2)5-6-11-4-3-7-18-11/h3-4,7,9-10H,5-6,8H2,1-2H3,(H,14,16,17). The fraction of sp³-hybridized carbons (Fsp3) is 0.538. The van der Waals surface area contributed by atoms with E-state index >= 15 is 0 Å². The van der Waals surface area contributed by atoms with Crippen molar-refractivity contribution in [1.29, 1.82) is 0 Å². The number of hydrogen-bond donors (Lipinski definition) is 1. The van der Waals surface area contributed by atoms with E-state index in [-0.39, 0.29) is 23.9 Å². The third-order valence-corrected chi connectivity index (χ3v) is 3.33. The molecule has 5 nitrogen and oxygen atoms in total. The highest BCUT2D eigenvalue weighted by Crippen LogP contribution is 2.15. The number of imide groups is 1. The first kappa shape index (κ1) is 12.7. The van der Waals surface area contributed by atoms with Crippen LogP contribution in [0.4, 0.5) is 4.79 Å². The summed E-state index contributed by atoms with van der Waals surface area (Å²) < 4.78 is 5.26. The minimum absolute atomic E-state index is 0.0886. The normalized spacial score (nSPS) is 21.9. The van der Waals surface area contributed by atoms with Gasteiger partial charge >= 0.3 is 6.03 Å². The molecule has 1 fully saturated rings. The number of carbonyl (C=O) groups is 2. The van der Waals surface area contributed by atoms with E-state index in [0.717, 1.165) is 18.6 Å². The SMILES string of the molecule is CC1CN(C(C)CCc2ccco2)C(=O)NC1=O. The summed E-state index contributed by atoms with van der Waals surface area (Å²) in [5.41, 5.74) is 0. The first-order valence-electron chi connectivity index (χ1n) is 6.21. The Morgan fingerprint density at radius 2 is 2.33 bits per heavy atom. The van der Waals surface area contributed by atoms with Crippen LogP contribution >= 0.6 is 0 Å². The molecule has 0 spiro atoms.